The van der Waals surface area contributed by atoms with Crippen LogP contribution in [0.2, 0.25) is 0 Å². The number of carbonyl (C=O) groups is 1. The number of rotatable bonds is 2. The summed E-state index contributed by atoms with van der Waals surface area (Å²) in [4.78, 5) is 11.6. The number of benzene rings is 1. The molecule has 0 aliphatic carbocycles. The van der Waals surface area contributed by atoms with Gasteiger partial charge in [-0.25, -0.2) is 14.3 Å². The number of sulfonamides is 1. The fourth-order valence-electron chi connectivity index (χ4n) is 0.961. The zero-order valence-corrected chi connectivity index (χ0v) is 8.86. The van der Waals surface area contributed by atoms with Crippen LogP contribution in [0.25, 0.3) is 0 Å². The van der Waals surface area contributed by atoms with Crippen LogP contribution in [0.15, 0.2) is 24.3 Å². The van der Waals surface area contributed by atoms with Crippen LogP contribution in [0.5, 0.6) is 0 Å². The van der Waals surface area contributed by atoms with Crippen molar-refractivity contribution in [3.05, 3.63) is 29.8 Å². The van der Waals surface area contributed by atoms with Gasteiger partial charge in [0.1, 0.15) is 0 Å². The van der Waals surface area contributed by atoms with Crippen molar-refractivity contribution in [2.24, 2.45) is 5.84 Å². The van der Waals surface area contributed by atoms with Crippen molar-refractivity contribution in [2.45, 2.75) is 0 Å². The summed E-state index contributed by atoms with van der Waals surface area (Å²) in [6.07, 6.45) is 0.837. The number of carbonyl (C=O) groups excluding carboxylic acids is 1. The molecule has 6 nitrogen and oxygen atoms in total. The van der Waals surface area contributed by atoms with E-state index in [1.807, 2.05) is 0 Å². The Hall–Kier alpha value is -1.60. The predicted octanol–water partition coefficient (Wildman–Crippen LogP) is -0.456. The highest BCUT2D eigenvalue weighted by molar-refractivity contribution is 7.88. The molecule has 82 valence electrons. The number of para-hydroxylation sites is 1. The fraction of sp³-hybridized carbons (Fsp3) is 0.125. The summed E-state index contributed by atoms with van der Waals surface area (Å²) < 4.78 is 22.2. The lowest BCUT2D eigenvalue weighted by Gasteiger charge is -2.14. The van der Waals surface area contributed by atoms with E-state index in [1.165, 1.54) is 12.1 Å². The molecule has 1 aromatic carbocycles. The third-order valence-electron chi connectivity index (χ3n) is 1.75. The molecule has 0 heterocycles. The highest BCUT2D eigenvalue weighted by Crippen LogP contribution is 2.13. The first-order valence-electron chi connectivity index (χ1n) is 3.98. The summed E-state index contributed by atoms with van der Waals surface area (Å²) in [5.41, 5.74) is 5.75. The van der Waals surface area contributed by atoms with Crippen molar-refractivity contribution in [3.8, 4) is 0 Å². The van der Waals surface area contributed by atoms with Gasteiger partial charge in [-0.1, -0.05) is 12.1 Å². The molecule has 0 saturated heterocycles. The third kappa shape index (κ3) is 2.45. The summed E-state index contributed by atoms with van der Waals surface area (Å²) in [7, 11) is -3.76. The summed E-state index contributed by atoms with van der Waals surface area (Å²) in [6, 6.07) is 6.10. The summed E-state index contributed by atoms with van der Waals surface area (Å²) >= 11 is 0. The van der Waals surface area contributed by atoms with E-state index in [-0.39, 0.29) is 15.7 Å². The Morgan fingerprint density at radius 2 is 1.87 bits per heavy atom. The summed E-state index contributed by atoms with van der Waals surface area (Å²) in [5, 5.41) is 0. The number of anilines is 1. The van der Waals surface area contributed by atoms with E-state index in [2.05, 4.69) is 0 Å². The van der Waals surface area contributed by atoms with Crippen LogP contribution in [-0.4, -0.2) is 25.0 Å². The molecule has 0 unspecified atom stereocenters. The Morgan fingerprint density at radius 1 is 1.33 bits per heavy atom. The summed E-state index contributed by atoms with van der Waals surface area (Å²) in [5.74, 6) is 4.28. The molecule has 0 radical (unpaired) electrons. The van der Waals surface area contributed by atoms with Crippen LogP contribution < -0.4 is 11.6 Å². The predicted molar refractivity (Wildman–Crippen MR) is 56.1 cm³/mol. The average molecular weight is 229 g/mol. The Morgan fingerprint density at radius 3 is 2.33 bits per heavy atom. The maximum Gasteiger partial charge on any atom is 0.283 e. The number of hydrazine groups is 1. The SMILES string of the molecule is CS(=O)(=O)N(N)C(=O)c1ccccc1N. The van der Waals surface area contributed by atoms with Gasteiger partial charge in [-0.15, -0.1) is 0 Å². The third-order valence-corrected chi connectivity index (χ3v) is 2.63. The van der Waals surface area contributed by atoms with Gasteiger partial charge < -0.3 is 5.73 Å². The normalized spacial score (nSPS) is 11.1. The molecule has 4 N–H and O–H groups in total. The molecule has 0 aliphatic heterocycles. The monoisotopic (exact) mass is 229 g/mol. The van der Waals surface area contributed by atoms with Crippen molar-refractivity contribution >= 4 is 21.6 Å². The number of amides is 1. The number of hydrogen-bond donors (Lipinski definition) is 2. The fourth-order valence-corrected chi connectivity index (χ4v) is 1.36. The van der Waals surface area contributed by atoms with Crippen molar-refractivity contribution < 1.29 is 13.2 Å². The Labute approximate surface area is 87.5 Å². The zero-order chi connectivity index (χ0) is 11.6. The minimum Gasteiger partial charge on any atom is -0.398 e. The number of hydrogen-bond acceptors (Lipinski definition) is 5. The smallest absolute Gasteiger partial charge is 0.283 e. The number of nitrogen functional groups attached to an aromatic ring is 1. The molecule has 0 saturated carbocycles. The molecule has 0 spiro atoms. The van der Waals surface area contributed by atoms with Gasteiger partial charge in [0.25, 0.3) is 5.91 Å². The maximum absolute atomic E-state index is 11.6. The van der Waals surface area contributed by atoms with E-state index in [9.17, 15) is 13.2 Å². The molecule has 1 rings (SSSR count). The minimum atomic E-state index is -3.76. The van der Waals surface area contributed by atoms with Crippen molar-refractivity contribution in [3.63, 3.8) is 0 Å². The van der Waals surface area contributed by atoms with Crippen LogP contribution in [0, 0.1) is 0 Å². The minimum absolute atomic E-state index is 0.0606. The van der Waals surface area contributed by atoms with Crippen LogP contribution >= 0.6 is 0 Å². The second kappa shape index (κ2) is 3.87. The van der Waals surface area contributed by atoms with Crippen molar-refractivity contribution in [1.82, 2.24) is 4.41 Å². The second-order valence-electron chi connectivity index (χ2n) is 2.95. The molecule has 0 atom stereocenters. The Balaban J connectivity index is 3.12. The van der Waals surface area contributed by atoms with Gasteiger partial charge in [0.05, 0.1) is 11.8 Å². The van der Waals surface area contributed by atoms with Gasteiger partial charge >= 0.3 is 0 Å². The lowest BCUT2D eigenvalue weighted by molar-refractivity contribution is 0.0863. The molecule has 0 aliphatic rings. The quantitative estimate of drug-likeness (QED) is 0.309. The van der Waals surface area contributed by atoms with E-state index in [1.54, 1.807) is 12.1 Å². The van der Waals surface area contributed by atoms with E-state index in [0.29, 0.717) is 0 Å². The first-order chi connectivity index (χ1) is 6.84. The Kier molecular flexibility index (Phi) is 2.96. The molecule has 0 aromatic heterocycles. The van der Waals surface area contributed by atoms with Crippen LogP contribution in [0.4, 0.5) is 5.69 Å². The largest absolute Gasteiger partial charge is 0.398 e. The first kappa shape index (κ1) is 11.5. The van der Waals surface area contributed by atoms with Crippen LogP contribution in [-0.2, 0) is 10.0 Å². The van der Waals surface area contributed by atoms with Crippen molar-refractivity contribution in [2.75, 3.05) is 12.0 Å². The zero-order valence-electron chi connectivity index (χ0n) is 8.04. The first-order valence-corrected chi connectivity index (χ1v) is 5.82. The lowest BCUT2D eigenvalue weighted by atomic mass is 10.2. The van der Waals surface area contributed by atoms with Gasteiger partial charge in [-0.3, -0.25) is 4.79 Å². The average Bonchev–Trinajstić information content (AvgIpc) is 2.15. The molecular formula is C8H11N3O3S. The highest BCUT2D eigenvalue weighted by atomic mass is 32.2. The number of nitrogens with two attached hydrogens (primary N) is 2. The van der Waals surface area contributed by atoms with Crippen LogP contribution in [0.3, 0.4) is 0 Å². The van der Waals surface area contributed by atoms with Crippen molar-refractivity contribution in [1.29, 1.82) is 0 Å². The summed E-state index contributed by atoms with van der Waals surface area (Å²) in [6.45, 7) is 0. The standard InChI is InChI=1S/C8H11N3O3S/c1-15(13,14)11(10)8(12)6-4-2-3-5-7(6)9/h2-5H,9-10H2,1H3. The van der Waals surface area contributed by atoms with Crippen LogP contribution in [0.1, 0.15) is 10.4 Å². The van der Waals surface area contributed by atoms with E-state index in [4.69, 9.17) is 11.6 Å². The van der Waals surface area contributed by atoms with E-state index < -0.39 is 15.9 Å². The highest BCUT2D eigenvalue weighted by Gasteiger charge is 2.22. The number of nitrogens with zero attached hydrogens (tertiary/aromatic N) is 1. The van der Waals surface area contributed by atoms with E-state index >= 15 is 0 Å². The molecule has 0 bridgehead atoms. The van der Waals surface area contributed by atoms with Gasteiger partial charge in [-0.05, 0) is 12.1 Å². The van der Waals surface area contributed by atoms with E-state index in [0.717, 1.165) is 6.26 Å². The maximum atomic E-state index is 11.6. The Bertz CT molecular complexity index is 484. The molecule has 7 heteroatoms. The molecule has 1 aromatic rings. The van der Waals surface area contributed by atoms with Gasteiger partial charge in [0, 0.05) is 5.69 Å². The molecular weight excluding hydrogens is 218 g/mol. The second-order valence-corrected chi connectivity index (χ2v) is 4.81. The van der Waals surface area contributed by atoms with Gasteiger partial charge in [-0.2, -0.15) is 4.41 Å². The lowest BCUT2D eigenvalue weighted by Crippen LogP contribution is -2.42. The molecule has 0 fully saturated rings. The van der Waals surface area contributed by atoms with Gasteiger partial charge in [0.2, 0.25) is 10.0 Å². The molecule has 1 amide bonds. The molecule has 15 heavy (non-hydrogen) atoms. The topological polar surface area (TPSA) is 106 Å². The van der Waals surface area contributed by atoms with Gasteiger partial charge in [0.15, 0.2) is 0 Å².